The molecule has 176 valence electrons. The summed E-state index contributed by atoms with van der Waals surface area (Å²) in [7, 11) is 0. The molecule has 1 saturated carbocycles. The summed E-state index contributed by atoms with van der Waals surface area (Å²) in [6.45, 7) is 8.62. The number of fused-ring (bicyclic) bond motifs is 1. The highest BCUT2D eigenvalue weighted by atomic mass is 15.1. The maximum absolute atomic E-state index is 6.30. The molecule has 0 bridgehead atoms. The number of hydrogen-bond acceptors (Lipinski definition) is 5. The minimum Gasteiger partial charge on any atom is -0.383 e. The van der Waals surface area contributed by atoms with Gasteiger partial charge in [0.1, 0.15) is 17.8 Å². The molecule has 1 aliphatic carbocycles. The number of nitrogens with one attached hydrogen (secondary N) is 2. The second-order valence-electron chi connectivity index (χ2n) is 9.30. The van der Waals surface area contributed by atoms with Crippen molar-refractivity contribution in [3.05, 3.63) is 54.5 Å². The van der Waals surface area contributed by atoms with Crippen LogP contribution in [0.3, 0.4) is 0 Å². The van der Waals surface area contributed by atoms with Crippen molar-refractivity contribution in [1.29, 1.82) is 0 Å². The van der Waals surface area contributed by atoms with Gasteiger partial charge in [-0.25, -0.2) is 9.97 Å². The van der Waals surface area contributed by atoms with Crippen molar-refractivity contribution in [3.63, 3.8) is 0 Å². The van der Waals surface area contributed by atoms with E-state index >= 15 is 0 Å². The third kappa shape index (κ3) is 5.81. The molecule has 0 spiro atoms. The lowest BCUT2D eigenvalue weighted by Gasteiger charge is -2.15. The number of hydrogen-bond donors (Lipinski definition) is 3. The molecule has 2 heterocycles. The zero-order chi connectivity index (χ0) is 23.0. The summed E-state index contributed by atoms with van der Waals surface area (Å²) < 4.78 is 2.35. The zero-order valence-electron chi connectivity index (χ0n) is 20.1. The fraction of sp³-hybridized carbons (Fsp3) is 0.481. The van der Waals surface area contributed by atoms with Crippen molar-refractivity contribution in [1.82, 2.24) is 25.2 Å². The van der Waals surface area contributed by atoms with E-state index in [1.807, 2.05) is 6.07 Å². The van der Waals surface area contributed by atoms with Crippen LogP contribution in [0.1, 0.15) is 52.0 Å². The van der Waals surface area contributed by atoms with Crippen LogP contribution in [0.4, 0.5) is 5.82 Å². The van der Waals surface area contributed by atoms with Gasteiger partial charge in [-0.15, -0.1) is 0 Å². The zero-order valence-corrected chi connectivity index (χ0v) is 20.1. The summed E-state index contributed by atoms with van der Waals surface area (Å²) in [6.07, 6.45) is 11.9. The van der Waals surface area contributed by atoms with Crippen LogP contribution >= 0.6 is 0 Å². The molecular formula is C27H38N6. The van der Waals surface area contributed by atoms with E-state index in [9.17, 15) is 0 Å². The standard InChI is InChI=1S/C27H38N6/c1-3-20(2)12-15-29-13-7-14-30-17-21-10-11-23(16-21)33-18-24(22-8-5-4-6-9-22)25-26(28)31-19-32-27(25)33/h3-6,8-9,18-19,21,23,29-30H,7,10-17H2,1-2H3,(H2,28,31,32)/b20-3+. The normalized spacial score (nSPS) is 18.9. The van der Waals surface area contributed by atoms with E-state index in [1.165, 1.54) is 31.3 Å². The summed E-state index contributed by atoms with van der Waals surface area (Å²) in [5.74, 6) is 1.26. The predicted molar refractivity (Wildman–Crippen MR) is 138 cm³/mol. The van der Waals surface area contributed by atoms with Crippen molar-refractivity contribution in [2.75, 3.05) is 31.9 Å². The highest BCUT2D eigenvalue weighted by molar-refractivity contribution is 6.00. The fourth-order valence-electron chi connectivity index (χ4n) is 4.91. The van der Waals surface area contributed by atoms with Crippen LogP contribution in [0.15, 0.2) is 54.5 Å². The van der Waals surface area contributed by atoms with Crippen molar-refractivity contribution < 1.29 is 0 Å². The first-order valence-corrected chi connectivity index (χ1v) is 12.4. The molecular weight excluding hydrogens is 408 g/mol. The van der Waals surface area contributed by atoms with E-state index in [-0.39, 0.29) is 0 Å². The third-order valence-electron chi connectivity index (χ3n) is 6.96. The van der Waals surface area contributed by atoms with Crippen molar-refractivity contribution in [3.8, 4) is 11.1 Å². The number of nitrogens with zero attached hydrogens (tertiary/aromatic N) is 3. The van der Waals surface area contributed by atoms with E-state index < -0.39 is 0 Å². The molecule has 1 fully saturated rings. The van der Waals surface area contributed by atoms with Gasteiger partial charge in [-0.2, -0.15) is 0 Å². The molecule has 6 nitrogen and oxygen atoms in total. The van der Waals surface area contributed by atoms with Gasteiger partial charge in [0, 0.05) is 17.8 Å². The summed E-state index contributed by atoms with van der Waals surface area (Å²) in [6, 6.07) is 10.9. The Morgan fingerprint density at radius 1 is 1.12 bits per heavy atom. The molecule has 0 aliphatic heterocycles. The van der Waals surface area contributed by atoms with E-state index in [1.54, 1.807) is 6.33 Å². The predicted octanol–water partition coefficient (Wildman–Crippen LogP) is 4.95. The molecule has 33 heavy (non-hydrogen) atoms. The monoisotopic (exact) mass is 446 g/mol. The number of benzene rings is 1. The molecule has 0 radical (unpaired) electrons. The van der Waals surface area contributed by atoms with Crippen LogP contribution in [0, 0.1) is 5.92 Å². The number of nitrogens with two attached hydrogens (primary N) is 1. The molecule has 2 unspecified atom stereocenters. The molecule has 2 aromatic heterocycles. The van der Waals surface area contributed by atoms with Gasteiger partial charge < -0.3 is 20.9 Å². The maximum atomic E-state index is 6.30. The summed E-state index contributed by atoms with van der Waals surface area (Å²) in [5.41, 5.74) is 11.0. The van der Waals surface area contributed by atoms with E-state index in [0.717, 1.165) is 54.8 Å². The lowest BCUT2D eigenvalue weighted by molar-refractivity contribution is 0.452. The van der Waals surface area contributed by atoms with Gasteiger partial charge in [0.15, 0.2) is 0 Å². The Balaban J connectivity index is 1.31. The molecule has 6 heteroatoms. The Hall–Kier alpha value is -2.70. The van der Waals surface area contributed by atoms with Gasteiger partial charge in [-0.3, -0.25) is 0 Å². The Kier molecular flexibility index (Phi) is 8.13. The first-order chi connectivity index (χ1) is 16.2. The topological polar surface area (TPSA) is 80.8 Å². The number of nitrogen functional groups attached to an aromatic ring is 1. The van der Waals surface area contributed by atoms with Gasteiger partial charge in [0.25, 0.3) is 0 Å². The molecule has 4 N–H and O–H groups in total. The van der Waals surface area contributed by atoms with Crippen LogP contribution in [0.5, 0.6) is 0 Å². The Labute approximate surface area is 197 Å². The number of allylic oxidation sites excluding steroid dienone is 1. The average molecular weight is 447 g/mol. The molecule has 0 amide bonds. The van der Waals surface area contributed by atoms with Gasteiger partial charge in [0.2, 0.25) is 0 Å². The van der Waals surface area contributed by atoms with Crippen molar-refractivity contribution >= 4 is 16.9 Å². The SMILES string of the molecule is C/C=C(\C)CCNCCCNCC1CCC(n2cc(-c3ccccc3)c3c(N)ncnc32)C1. The van der Waals surface area contributed by atoms with E-state index in [4.69, 9.17) is 5.73 Å². The second kappa shape index (κ2) is 11.4. The number of rotatable bonds is 11. The summed E-state index contributed by atoms with van der Waals surface area (Å²) >= 11 is 0. The van der Waals surface area contributed by atoms with Crippen molar-refractivity contribution in [2.45, 2.75) is 52.0 Å². The summed E-state index contributed by atoms with van der Waals surface area (Å²) in [4.78, 5) is 8.90. The van der Waals surface area contributed by atoms with Crippen LogP contribution in [0.25, 0.3) is 22.2 Å². The highest BCUT2D eigenvalue weighted by Gasteiger charge is 2.28. The average Bonchev–Trinajstić information content (AvgIpc) is 3.46. The van der Waals surface area contributed by atoms with Gasteiger partial charge in [-0.05, 0) is 83.6 Å². The molecule has 1 aromatic carbocycles. The minimum absolute atomic E-state index is 0.461. The maximum Gasteiger partial charge on any atom is 0.146 e. The fourth-order valence-corrected chi connectivity index (χ4v) is 4.91. The van der Waals surface area contributed by atoms with Gasteiger partial charge in [0.05, 0.1) is 5.39 Å². The number of aromatic nitrogens is 3. The largest absolute Gasteiger partial charge is 0.383 e. The first kappa shape index (κ1) is 23.5. The van der Waals surface area contributed by atoms with E-state index in [0.29, 0.717) is 17.8 Å². The Morgan fingerprint density at radius 2 is 1.94 bits per heavy atom. The van der Waals surface area contributed by atoms with Crippen LogP contribution in [-0.2, 0) is 0 Å². The van der Waals surface area contributed by atoms with Crippen LogP contribution in [-0.4, -0.2) is 40.7 Å². The minimum atomic E-state index is 0.461. The quantitative estimate of drug-likeness (QED) is 0.287. The van der Waals surface area contributed by atoms with Crippen molar-refractivity contribution in [2.24, 2.45) is 5.92 Å². The third-order valence-corrected chi connectivity index (χ3v) is 6.96. The lowest BCUT2D eigenvalue weighted by atomic mass is 10.1. The molecule has 4 rings (SSSR count). The Bertz CT molecular complexity index is 1060. The molecule has 1 aliphatic rings. The second-order valence-corrected chi connectivity index (χ2v) is 9.30. The van der Waals surface area contributed by atoms with Crippen LogP contribution < -0.4 is 16.4 Å². The summed E-state index contributed by atoms with van der Waals surface area (Å²) in [5, 5.41) is 8.19. The Morgan fingerprint density at radius 3 is 2.76 bits per heavy atom. The lowest BCUT2D eigenvalue weighted by Crippen LogP contribution is -2.26. The van der Waals surface area contributed by atoms with Gasteiger partial charge in [-0.1, -0.05) is 42.0 Å². The first-order valence-electron chi connectivity index (χ1n) is 12.4. The number of anilines is 1. The van der Waals surface area contributed by atoms with Gasteiger partial charge >= 0.3 is 0 Å². The molecule has 0 saturated heterocycles. The highest BCUT2D eigenvalue weighted by Crippen LogP contribution is 2.40. The van der Waals surface area contributed by atoms with Crippen LogP contribution in [0.2, 0.25) is 0 Å². The molecule has 3 aromatic rings. The smallest absolute Gasteiger partial charge is 0.146 e. The van der Waals surface area contributed by atoms with E-state index in [2.05, 4.69) is 75.6 Å². The molecule has 2 atom stereocenters.